The van der Waals surface area contributed by atoms with Crippen LogP contribution in [-0.4, -0.2) is 35.2 Å². The number of nitrogens with one attached hydrogen (secondary N) is 1. The summed E-state index contributed by atoms with van der Waals surface area (Å²) < 4.78 is 11.7. The second-order valence-corrected chi connectivity index (χ2v) is 12.0. The van der Waals surface area contributed by atoms with Crippen molar-refractivity contribution in [2.75, 3.05) is 11.4 Å². The SMILES string of the molecule is C[C@H](NC(=O)OC(C)(C)C)c1cccc(Oc2cc(Cl)ccc2N(CCCC(=O)O)C(=O)c2ccc(-c3ccccc3)cc2)c1. The largest absolute Gasteiger partial charge is 0.481 e. The molecule has 0 bridgehead atoms. The number of amides is 2. The van der Waals surface area contributed by atoms with Crippen molar-refractivity contribution in [1.82, 2.24) is 5.32 Å². The molecular weight excluding hydrogens is 592 g/mol. The van der Waals surface area contributed by atoms with Crippen molar-refractivity contribution < 1.29 is 29.0 Å². The Hall–Kier alpha value is -4.82. The smallest absolute Gasteiger partial charge is 0.408 e. The number of nitrogens with zero attached hydrogens (tertiary/aromatic N) is 1. The number of carbonyl (C=O) groups excluding carboxylic acids is 2. The van der Waals surface area contributed by atoms with Crippen LogP contribution in [0.4, 0.5) is 10.5 Å². The average Bonchev–Trinajstić information content (AvgIpc) is 2.99. The van der Waals surface area contributed by atoms with Crippen LogP contribution < -0.4 is 15.0 Å². The minimum Gasteiger partial charge on any atom is -0.481 e. The van der Waals surface area contributed by atoms with Crippen LogP contribution in [0.5, 0.6) is 11.5 Å². The number of carboxylic acids is 1. The number of aliphatic carboxylic acids is 1. The fraction of sp³-hybridized carbons (Fsp3) is 0.250. The summed E-state index contributed by atoms with van der Waals surface area (Å²) in [6, 6.07) is 28.9. The first kappa shape index (κ1) is 33.1. The van der Waals surface area contributed by atoms with Crippen molar-refractivity contribution in [3.05, 3.63) is 113 Å². The Balaban J connectivity index is 1.62. The number of benzene rings is 4. The molecular formula is C36H37ClN2O6. The van der Waals surface area contributed by atoms with Gasteiger partial charge in [-0.2, -0.15) is 0 Å². The number of halogens is 1. The summed E-state index contributed by atoms with van der Waals surface area (Å²) in [5, 5.41) is 12.5. The lowest BCUT2D eigenvalue weighted by atomic mass is 10.0. The molecule has 0 fully saturated rings. The number of anilines is 1. The molecule has 8 nitrogen and oxygen atoms in total. The van der Waals surface area contributed by atoms with Crippen molar-refractivity contribution in [3.63, 3.8) is 0 Å². The molecule has 0 saturated heterocycles. The van der Waals surface area contributed by atoms with E-state index in [9.17, 15) is 19.5 Å². The van der Waals surface area contributed by atoms with Crippen LogP contribution in [0, 0.1) is 0 Å². The van der Waals surface area contributed by atoms with Crippen LogP contribution in [0.1, 0.15) is 62.5 Å². The molecule has 2 amide bonds. The van der Waals surface area contributed by atoms with E-state index in [0.29, 0.717) is 27.8 Å². The van der Waals surface area contributed by atoms with E-state index in [2.05, 4.69) is 5.32 Å². The first-order chi connectivity index (χ1) is 21.4. The Labute approximate surface area is 268 Å². The number of ether oxygens (including phenoxy) is 2. The van der Waals surface area contributed by atoms with Gasteiger partial charge in [-0.05, 0) is 87.2 Å². The Morgan fingerprint density at radius 2 is 1.58 bits per heavy atom. The quantitative estimate of drug-likeness (QED) is 0.172. The van der Waals surface area contributed by atoms with Crippen LogP contribution in [0.25, 0.3) is 11.1 Å². The van der Waals surface area contributed by atoms with Gasteiger partial charge in [0, 0.05) is 29.6 Å². The summed E-state index contributed by atoms with van der Waals surface area (Å²) in [6.07, 6.45) is -0.412. The minimum atomic E-state index is -0.951. The van der Waals surface area contributed by atoms with Crippen molar-refractivity contribution in [3.8, 4) is 22.6 Å². The van der Waals surface area contributed by atoms with E-state index >= 15 is 0 Å². The molecule has 0 radical (unpaired) electrons. The number of hydrogen-bond acceptors (Lipinski definition) is 5. The van der Waals surface area contributed by atoms with E-state index in [1.165, 1.54) is 4.90 Å². The fourth-order valence-electron chi connectivity index (χ4n) is 4.65. The van der Waals surface area contributed by atoms with Crippen molar-refractivity contribution in [2.24, 2.45) is 0 Å². The van der Waals surface area contributed by atoms with Gasteiger partial charge in [0.2, 0.25) is 0 Å². The summed E-state index contributed by atoms with van der Waals surface area (Å²) in [4.78, 5) is 39.1. The van der Waals surface area contributed by atoms with Crippen molar-refractivity contribution >= 4 is 35.3 Å². The molecule has 234 valence electrons. The van der Waals surface area contributed by atoms with Crippen LogP contribution in [0.15, 0.2) is 97.1 Å². The molecule has 0 aliphatic rings. The van der Waals surface area contributed by atoms with Gasteiger partial charge in [0.1, 0.15) is 11.4 Å². The lowest BCUT2D eigenvalue weighted by Gasteiger charge is -2.26. The van der Waals surface area contributed by atoms with E-state index in [1.807, 2.05) is 55.5 Å². The third-order valence-corrected chi connectivity index (χ3v) is 7.02. The zero-order valence-electron chi connectivity index (χ0n) is 25.7. The molecule has 45 heavy (non-hydrogen) atoms. The summed E-state index contributed by atoms with van der Waals surface area (Å²) in [5.41, 5.74) is 3.02. The van der Waals surface area contributed by atoms with Crippen molar-refractivity contribution in [1.29, 1.82) is 0 Å². The molecule has 0 heterocycles. The normalized spacial score (nSPS) is 11.8. The second kappa shape index (κ2) is 14.8. The van der Waals surface area contributed by atoms with Gasteiger partial charge in [-0.1, -0.05) is 66.2 Å². The number of carboxylic acid groups (broad SMARTS) is 1. The highest BCUT2D eigenvalue weighted by atomic mass is 35.5. The maximum absolute atomic E-state index is 13.9. The summed E-state index contributed by atoms with van der Waals surface area (Å²) in [6.45, 7) is 7.36. The predicted octanol–water partition coefficient (Wildman–Crippen LogP) is 8.90. The lowest BCUT2D eigenvalue weighted by molar-refractivity contribution is -0.137. The summed E-state index contributed by atoms with van der Waals surface area (Å²) in [5.74, 6) is -0.486. The molecule has 4 aromatic rings. The van der Waals surface area contributed by atoms with Crippen molar-refractivity contribution in [2.45, 2.75) is 52.2 Å². The molecule has 4 rings (SSSR count). The van der Waals surface area contributed by atoms with E-state index in [-0.39, 0.29) is 31.3 Å². The van der Waals surface area contributed by atoms with Crippen LogP contribution >= 0.6 is 11.6 Å². The highest BCUT2D eigenvalue weighted by Gasteiger charge is 2.23. The van der Waals surface area contributed by atoms with E-state index in [0.717, 1.165) is 16.7 Å². The minimum absolute atomic E-state index is 0.106. The molecule has 4 aromatic carbocycles. The molecule has 0 aliphatic carbocycles. The van der Waals surface area contributed by atoms with Gasteiger partial charge >= 0.3 is 12.1 Å². The van der Waals surface area contributed by atoms with Gasteiger partial charge < -0.3 is 24.8 Å². The Kier molecular flexibility index (Phi) is 10.9. The summed E-state index contributed by atoms with van der Waals surface area (Å²) in [7, 11) is 0. The molecule has 0 saturated carbocycles. The highest BCUT2D eigenvalue weighted by Crippen LogP contribution is 2.37. The third kappa shape index (κ3) is 9.58. The van der Waals surface area contributed by atoms with Crippen LogP contribution in [0.2, 0.25) is 5.02 Å². The zero-order chi connectivity index (χ0) is 32.6. The number of alkyl carbamates (subject to hydrolysis) is 1. The molecule has 0 unspecified atom stereocenters. The molecule has 1 atom stereocenters. The molecule has 9 heteroatoms. The van der Waals surface area contributed by atoms with Gasteiger partial charge in [-0.15, -0.1) is 0 Å². The zero-order valence-corrected chi connectivity index (χ0v) is 26.5. The first-order valence-electron chi connectivity index (χ1n) is 14.7. The van der Waals surface area contributed by atoms with Crippen LogP contribution in [0.3, 0.4) is 0 Å². The third-order valence-electron chi connectivity index (χ3n) is 6.79. The van der Waals surface area contributed by atoms with Gasteiger partial charge in [-0.25, -0.2) is 4.79 Å². The number of carbonyl (C=O) groups is 3. The van der Waals surface area contributed by atoms with E-state index in [1.54, 1.807) is 69.3 Å². The number of rotatable bonds is 11. The highest BCUT2D eigenvalue weighted by molar-refractivity contribution is 6.30. The Morgan fingerprint density at radius 3 is 2.24 bits per heavy atom. The predicted molar refractivity (Wildman–Crippen MR) is 176 cm³/mol. The first-order valence-corrected chi connectivity index (χ1v) is 15.0. The van der Waals surface area contributed by atoms with E-state index in [4.69, 9.17) is 21.1 Å². The van der Waals surface area contributed by atoms with Gasteiger partial charge in [0.15, 0.2) is 5.75 Å². The average molecular weight is 629 g/mol. The van der Waals surface area contributed by atoms with E-state index < -0.39 is 17.7 Å². The van der Waals surface area contributed by atoms with Gasteiger partial charge in [0.25, 0.3) is 5.91 Å². The summed E-state index contributed by atoms with van der Waals surface area (Å²) >= 11 is 6.38. The molecule has 2 N–H and O–H groups in total. The standard InChI is InChI=1S/C36H37ClN2O6/c1-24(38-35(43)45-36(2,3)4)28-12-8-13-30(22-28)44-32-23-29(37)19-20-31(32)39(21-9-14-33(40)41)34(42)27-17-15-26(16-18-27)25-10-6-5-7-11-25/h5-8,10-13,15-20,22-24H,9,14,21H2,1-4H3,(H,38,43)(H,40,41)/t24-/m0/s1. The maximum atomic E-state index is 13.9. The van der Waals surface area contributed by atoms with Crippen LogP contribution in [-0.2, 0) is 9.53 Å². The Bertz CT molecular complexity index is 1630. The number of hydrogen-bond donors (Lipinski definition) is 2. The maximum Gasteiger partial charge on any atom is 0.408 e. The lowest BCUT2D eigenvalue weighted by Crippen LogP contribution is -2.34. The molecule has 0 aromatic heterocycles. The second-order valence-electron chi connectivity index (χ2n) is 11.6. The molecule has 0 aliphatic heterocycles. The topological polar surface area (TPSA) is 105 Å². The van der Waals surface area contributed by atoms with Gasteiger partial charge in [0.05, 0.1) is 11.7 Å². The Morgan fingerprint density at radius 1 is 0.889 bits per heavy atom. The fourth-order valence-corrected chi connectivity index (χ4v) is 4.81. The van der Waals surface area contributed by atoms with Gasteiger partial charge in [-0.3, -0.25) is 9.59 Å². The molecule has 0 spiro atoms. The monoisotopic (exact) mass is 628 g/mol.